The molecular weight excluding hydrogens is 562 g/mol. The fourth-order valence-electron chi connectivity index (χ4n) is 4.58. The van der Waals surface area contributed by atoms with E-state index in [-0.39, 0.29) is 32.8 Å². The molecule has 3 aromatic rings. The molecule has 0 unspecified atom stereocenters. The number of methoxy groups -OCH3 is 1. The Kier molecular flexibility index (Phi) is 13.2. The maximum Gasteiger partial charge on any atom is 0.329 e. The van der Waals surface area contributed by atoms with Crippen molar-refractivity contribution in [3.8, 4) is 5.75 Å². The molecule has 11 heteroatoms. The molecular formula is C33H39N5O6. The van der Waals surface area contributed by atoms with E-state index in [1.807, 2.05) is 86.6 Å². The summed E-state index contributed by atoms with van der Waals surface area (Å²) in [6.45, 7) is 5.57. The second kappa shape index (κ2) is 17.3. The van der Waals surface area contributed by atoms with Crippen molar-refractivity contribution < 1.29 is 28.6 Å². The Morgan fingerprint density at radius 2 is 1.52 bits per heavy atom. The Hall–Kier alpha value is -4.86. The molecule has 3 aromatic carbocycles. The van der Waals surface area contributed by atoms with Gasteiger partial charge in [0.1, 0.15) is 24.4 Å². The van der Waals surface area contributed by atoms with Crippen molar-refractivity contribution in [2.24, 2.45) is 11.0 Å². The number of azide groups is 1. The summed E-state index contributed by atoms with van der Waals surface area (Å²) in [4.78, 5) is 42.1. The van der Waals surface area contributed by atoms with E-state index in [1.165, 1.54) is 7.11 Å². The number of nitrogens with zero attached hydrogens (tertiary/aromatic N) is 3. The smallest absolute Gasteiger partial charge is 0.329 e. The van der Waals surface area contributed by atoms with Crippen molar-refractivity contribution >= 4 is 17.8 Å². The van der Waals surface area contributed by atoms with Crippen LogP contribution in [0, 0.1) is 19.8 Å². The SMILES string of the molecule is COCOc1cc(C)c(C[C@@H](N=[N+]=[N-])C(=O)NC[C@@H](C)C(=O)N[C@@H](Cc2ccccc2)C(=O)OCc2ccccc2)c(C)c1. The van der Waals surface area contributed by atoms with Gasteiger partial charge >= 0.3 is 5.97 Å². The predicted octanol–water partition coefficient (Wildman–Crippen LogP) is 4.73. The number of esters is 1. The van der Waals surface area contributed by atoms with Gasteiger partial charge in [-0.3, -0.25) is 9.59 Å². The second-order valence-electron chi connectivity index (χ2n) is 10.5. The van der Waals surface area contributed by atoms with E-state index in [0.717, 1.165) is 27.8 Å². The van der Waals surface area contributed by atoms with Crippen LogP contribution in [0.15, 0.2) is 77.9 Å². The molecule has 0 radical (unpaired) electrons. The Bertz CT molecular complexity index is 1420. The number of nitrogens with one attached hydrogen (secondary N) is 2. The standard InChI is InChI=1S/C33H39N5O6/c1-22-15-27(44-21-42-4)16-23(2)28(22)18-29(37-38-34)32(40)35-19-24(3)31(39)36-30(17-25-11-7-5-8-12-25)33(41)43-20-26-13-9-6-10-14-26/h5-16,24,29-30H,17-21H2,1-4H3,(H,35,40)(H,36,39)/t24-,29-,30+/m1/s1. The molecule has 0 saturated heterocycles. The molecule has 0 saturated carbocycles. The molecule has 0 aliphatic carbocycles. The molecule has 0 aromatic heterocycles. The van der Waals surface area contributed by atoms with Gasteiger partial charge in [-0.15, -0.1) is 0 Å². The second-order valence-corrected chi connectivity index (χ2v) is 10.5. The lowest BCUT2D eigenvalue weighted by molar-refractivity contribution is -0.149. The Balaban J connectivity index is 1.62. The van der Waals surface area contributed by atoms with Crippen LogP contribution in [0.25, 0.3) is 10.4 Å². The van der Waals surface area contributed by atoms with E-state index in [2.05, 4.69) is 20.7 Å². The highest BCUT2D eigenvalue weighted by atomic mass is 16.7. The molecule has 0 heterocycles. The third-order valence-electron chi connectivity index (χ3n) is 7.04. The van der Waals surface area contributed by atoms with Gasteiger partial charge in [0.05, 0.1) is 5.92 Å². The molecule has 0 aliphatic rings. The molecule has 2 N–H and O–H groups in total. The first-order chi connectivity index (χ1) is 21.2. The number of hydrogen-bond donors (Lipinski definition) is 2. The molecule has 0 bridgehead atoms. The quantitative estimate of drug-likeness (QED) is 0.0796. The van der Waals surface area contributed by atoms with Gasteiger partial charge in [-0.2, -0.15) is 0 Å². The zero-order chi connectivity index (χ0) is 31.9. The molecule has 0 aliphatic heterocycles. The van der Waals surface area contributed by atoms with Crippen LogP contribution in [-0.2, 0) is 43.3 Å². The maximum atomic E-state index is 13.1. The minimum atomic E-state index is -1.03. The molecule has 3 atom stereocenters. The Labute approximate surface area is 257 Å². The fraction of sp³-hybridized carbons (Fsp3) is 0.364. The highest BCUT2D eigenvalue weighted by Crippen LogP contribution is 2.24. The van der Waals surface area contributed by atoms with Crippen LogP contribution in [0.2, 0.25) is 0 Å². The summed E-state index contributed by atoms with van der Waals surface area (Å²) in [5, 5.41) is 9.23. The molecule has 232 valence electrons. The topological polar surface area (TPSA) is 152 Å². The van der Waals surface area contributed by atoms with Crippen LogP contribution in [0.5, 0.6) is 5.75 Å². The average Bonchev–Trinajstić information content (AvgIpc) is 3.03. The van der Waals surface area contributed by atoms with Gasteiger partial charge in [-0.25, -0.2) is 4.79 Å². The first kappa shape index (κ1) is 33.6. The molecule has 0 spiro atoms. The van der Waals surface area contributed by atoms with Crippen LogP contribution in [0.1, 0.15) is 34.7 Å². The van der Waals surface area contributed by atoms with Gasteiger partial charge in [0.25, 0.3) is 0 Å². The number of carbonyl (C=O) groups is 3. The fourth-order valence-corrected chi connectivity index (χ4v) is 4.58. The van der Waals surface area contributed by atoms with Crippen molar-refractivity contribution in [1.29, 1.82) is 0 Å². The zero-order valence-electron chi connectivity index (χ0n) is 25.5. The van der Waals surface area contributed by atoms with E-state index in [0.29, 0.717) is 5.75 Å². The Morgan fingerprint density at radius 1 is 0.909 bits per heavy atom. The van der Waals surface area contributed by atoms with Crippen LogP contribution >= 0.6 is 0 Å². The first-order valence-corrected chi connectivity index (χ1v) is 14.3. The lowest BCUT2D eigenvalue weighted by Gasteiger charge is -2.21. The molecule has 3 rings (SSSR count). The summed E-state index contributed by atoms with van der Waals surface area (Å²) >= 11 is 0. The summed E-state index contributed by atoms with van der Waals surface area (Å²) in [7, 11) is 1.53. The van der Waals surface area contributed by atoms with E-state index in [9.17, 15) is 14.4 Å². The van der Waals surface area contributed by atoms with Crippen molar-refractivity contribution in [2.75, 3.05) is 20.4 Å². The minimum Gasteiger partial charge on any atom is -0.468 e. The van der Waals surface area contributed by atoms with Crippen molar-refractivity contribution in [2.45, 2.75) is 52.3 Å². The van der Waals surface area contributed by atoms with Crippen molar-refractivity contribution in [3.05, 3.63) is 111 Å². The van der Waals surface area contributed by atoms with Gasteiger partial charge in [0.15, 0.2) is 6.79 Å². The summed E-state index contributed by atoms with van der Waals surface area (Å²) < 4.78 is 16.0. The molecule has 11 nitrogen and oxygen atoms in total. The van der Waals surface area contributed by atoms with Gasteiger partial charge in [-0.1, -0.05) is 72.7 Å². The number of ether oxygens (including phenoxy) is 3. The van der Waals surface area contributed by atoms with E-state index in [1.54, 1.807) is 6.92 Å². The van der Waals surface area contributed by atoms with Crippen LogP contribution in [0.4, 0.5) is 0 Å². The first-order valence-electron chi connectivity index (χ1n) is 14.3. The normalized spacial score (nSPS) is 12.6. The summed E-state index contributed by atoms with van der Waals surface area (Å²) in [5.41, 5.74) is 13.4. The number of benzene rings is 3. The van der Waals surface area contributed by atoms with Gasteiger partial charge in [0.2, 0.25) is 11.8 Å². The number of aryl methyl sites for hydroxylation is 2. The third-order valence-corrected chi connectivity index (χ3v) is 7.04. The molecule has 44 heavy (non-hydrogen) atoms. The largest absolute Gasteiger partial charge is 0.468 e. The lowest BCUT2D eigenvalue weighted by Crippen LogP contribution is -2.48. The van der Waals surface area contributed by atoms with Crippen LogP contribution in [-0.4, -0.2) is 50.3 Å². The predicted molar refractivity (Wildman–Crippen MR) is 166 cm³/mol. The number of amides is 2. The number of carbonyl (C=O) groups excluding carboxylic acids is 3. The van der Waals surface area contributed by atoms with Crippen LogP contribution in [0.3, 0.4) is 0 Å². The Morgan fingerprint density at radius 3 is 2.11 bits per heavy atom. The highest BCUT2D eigenvalue weighted by Gasteiger charge is 2.27. The van der Waals surface area contributed by atoms with Crippen LogP contribution < -0.4 is 15.4 Å². The summed E-state index contributed by atoms with van der Waals surface area (Å²) in [6, 6.07) is 20.3. The van der Waals surface area contributed by atoms with Crippen molar-refractivity contribution in [3.63, 3.8) is 0 Å². The van der Waals surface area contributed by atoms with Gasteiger partial charge in [-0.05, 0) is 65.7 Å². The minimum absolute atomic E-state index is 0.0268. The maximum absolute atomic E-state index is 13.1. The number of hydrogen-bond acceptors (Lipinski definition) is 7. The summed E-state index contributed by atoms with van der Waals surface area (Å²) in [5.74, 6) is -1.56. The van der Waals surface area contributed by atoms with Gasteiger partial charge in [0, 0.05) is 25.0 Å². The van der Waals surface area contributed by atoms with Gasteiger partial charge < -0.3 is 24.8 Å². The monoisotopic (exact) mass is 601 g/mol. The number of rotatable bonds is 16. The van der Waals surface area contributed by atoms with E-state index in [4.69, 9.17) is 19.7 Å². The third kappa shape index (κ3) is 10.4. The molecule has 2 amide bonds. The summed E-state index contributed by atoms with van der Waals surface area (Å²) in [6.07, 6.45) is 0.414. The molecule has 0 fully saturated rings. The van der Waals surface area contributed by atoms with E-state index >= 15 is 0 Å². The lowest BCUT2D eigenvalue weighted by atomic mass is 9.95. The highest BCUT2D eigenvalue weighted by molar-refractivity contribution is 5.87. The average molecular weight is 602 g/mol. The van der Waals surface area contributed by atoms with Crippen molar-refractivity contribution in [1.82, 2.24) is 10.6 Å². The van der Waals surface area contributed by atoms with E-state index < -0.39 is 35.8 Å². The zero-order valence-corrected chi connectivity index (χ0v) is 25.5.